The third-order valence-corrected chi connectivity index (χ3v) is 2.85. The van der Waals surface area contributed by atoms with E-state index in [1.807, 2.05) is 0 Å². The first-order valence-electron chi connectivity index (χ1n) is 6.22. The van der Waals surface area contributed by atoms with Crippen molar-refractivity contribution in [2.24, 2.45) is 0 Å². The average Bonchev–Trinajstić information content (AvgIpc) is 2.47. The third-order valence-electron chi connectivity index (χ3n) is 2.85. The van der Waals surface area contributed by atoms with Gasteiger partial charge in [0.15, 0.2) is 0 Å². The molecule has 0 aliphatic rings. The summed E-state index contributed by atoms with van der Waals surface area (Å²) in [7, 11) is 3.50. The van der Waals surface area contributed by atoms with Gasteiger partial charge in [-0.1, -0.05) is 18.2 Å². The second-order valence-electron chi connectivity index (χ2n) is 4.56. The van der Waals surface area contributed by atoms with Gasteiger partial charge < -0.3 is 9.64 Å². The summed E-state index contributed by atoms with van der Waals surface area (Å²) in [5.41, 5.74) is 0.556. The summed E-state index contributed by atoms with van der Waals surface area (Å²) in [6.45, 7) is 0. The van der Waals surface area contributed by atoms with Crippen LogP contribution in [-0.4, -0.2) is 25.0 Å². The van der Waals surface area contributed by atoms with E-state index in [9.17, 15) is 14.9 Å². The SMILES string of the molecule is CN(C)c1ccc([N+](=O)[O-])cc1C(=O)Oc1ccccc1. The second kappa shape index (κ2) is 6.04. The smallest absolute Gasteiger partial charge is 0.345 e. The molecule has 0 heterocycles. The molecule has 0 atom stereocenters. The van der Waals surface area contributed by atoms with Gasteiger partial charge in [-0.3, -0.25) is 10.1 Å². The highest BCUT2D eigenvalue weighted by Crippen LogP contribution is 2.25. The van der Waals surface area contributed by atoms with Crippen molar-refractivity contribution in [2.75, 3.05) is 19.0 Å². The Labute approximate surface area is 121 Å². The highest BCUT2D eigenvalue weighted by molar-refractivity contribution is 5.97. The number of nitrogens with zero attached hydrogens (tertiary/aromatic N) is 2. The van der Waals surface area contributed by atoms with Crippen LogP contribution in [0.2, 0.25) is 0 Å². The molecule has 6 heteroatoms. The Morgan fingerprint density at radius 3 is 2.38 bits per heavy atom. The Morgan fingerprint density at radius 2 is 1.81 bits per heavy atom. The van der Waals surface area contributed by atoms with Crippen molar-refractivity contribution >= 4 is 17.3 Å². The van der Waals surface area contributed by atoms with E-state index in [1.165, 1.54) is 18.2 Å². The fourth-order valence-electron chi connectivity index (χ4n) is 1.84. The van der Waals surface area contributed by atoms with Gasteiger partial charge in [0, 0.05) is 26.2 Å². The first kappa shape index (κ1) is 14.5. The largest absolute Gasteiger partial charge is 0.423 e. The Morgan fingerprint density at radius 1 is 1.14 bits per heavy atom. The minimum Gasteiger partial charge on any atom is -0.423 e. The first-order chi connectivity index (χ1) is 9.99. The van der Waals surface area contributed by atoms with Crippen LogP contribution >= 0.6 is 0 Å². The van der Waals surface area contributed by atoms with Crippen LogP contribution in [0.3, 0.4) is 0 Å². The molecule has 0 N–H and O–H groups in total. The third kappa shape index (κ3) is 3.36. The van der Waals surface area contributed by atoms with Gasteiger partial charge >= 0.3 is 5.97 Å². The quantitative estimate of drug-likeness (QED) is 0.374. The van der Waals surface area contributed by atoms with Gasteiger partial charge in [0.05, 0.1) is 16.2 Å². The number of hydrogen-bond donors (Lipinski definition) is 0. The van der Waals surface area contributed by atoms with E-state index in [2.05, 4.69) is 0 Å². The minimum absolute atomic E-state index is 0.151. The summed E-state index contributed by atoms with van der Waals surface area (Å²) in [6, 6.07) is 12.7. The molecule has 0 saturated carbocycles. The lowest BCUT2D eigenvalue weighted by Crippen LogP contribution is -2.17. The van der Waals surface area contributed by atoms with Crippen LogP contribution in [0, 0.1) is 10.1 Å². The number of carbonyl (C=O) groups excluding carboxylic acids is 1. The Bertz CT molecular complexity index is 669. The molecule has 2 aromatic rings. The Balaban J connectivity index is 2.38. The Kier molecular flexibility index (Phi) is 4.18. The van der Waals surface area contributed by atoms with Gasteiger partial charge in [0.1, 0.15) is 5.75 Å². The van der Waals surface area contributed by atoms with Gasteiger partial charge in [0.2, 0.25) is 0 Å². The van der Waals surface area contributed by atoms with Crippen LogP contribution in [-0.2, 0) is 0 Å². The topological polar surface area (TPSA) is 72.7 Å². The summed E-state index contributed by atoms with van der Waals surface area (Å²) < 4.78 is 5.24. The lowest BCUT2D eigenvalue weighted by molar-refractivity contribution is -0.384. The molecule has 0 aromatic heterocycles. The summed E-state index contributed by atoms with van der Waals surface area (Å²) in [5.74, 6) is -0.243. The van der Waals surface area contributed by atoms with E-state index in [4.69, 9.17) is 4.74 Å². The molecule has 6 nitrogen and oxygen atoms in total. The molecule has 0 aliphatic heterocycles. The summed E-state index contributed by atoms with van der Waals surface area (Å²) >= 11 is 0. The summed E-state index contributed by atoms with van der Waals surface area (Å²) in [6.07, 6.45) is 0. The van der Waals surface area contributed by atoms with Gasteiger partial charge in [-0.25, -0.2) is 4.79 Å². The minimum atomic E-state index is -0.631. The molecule has 0 aliphatic carbocycles. The number of ether oxygens (including phenoxy) is 1. The summed E-state index contributed by atoms with van der Waals surface area (Å²) in [4.78, 5) is 24.3. The number of non-ortho nitro benzene ring substituents is 1. The molecule has 108 valence electrons. The maximum absolute atomic E-state index is 12.2. The van der Waals surface area contributed by atoms with Gasteiger partial charge in [-0.05, 0) is 18.2 Å². The predicted octanol–water partition coefficient (Wildman–Crippen LogP) is 2.88. The average molecular weight is 286 g/mol. The van der Waals surface area contributed by atoms with Crippen molar-refractivity contribution in [1.29, 1.82) is 0 Å². The molecule has 0 fully saturated rings. The van der Waals surface area contributed by atoms with Crippen LogP contribution in [0.5, 0.6) is 5.75 Å². The van der Waals surface area contributed by atoms with E-state index in [0.29, 0.717) is 11.4 Å². The van der Waals surface area contributed by atoms with Crippen LogP contribution in [0.4, 0.5) is 11.4 Å². The first-order valence-corrected chi connectivity index (χ1v) is 6.22. The Hall–Kier alpha value is -2.89. The number of nitro benzene ring substituents is 1. The van der Waals surface area contributed by atoms with Crippen molar-refractivity contribution in [3.05, 3.63) is 64.2 Å². The van der Waals surface area contributed by atoms with Crippen molar-refractivity contribution in [2.45, 2.75) is 0 Å². The lowest BCUT2D eigenvalue weighted by Gasteiger charge is -2.16. The van der Waals surface area contributed by atoms with E-state index in [0.717, 1.165) is 0 Å². The number of carbonyl (C=O) groups is 1. The van der Waals surface area contributed by atoms with Crippen molar-refractivity contribution in [3.8, 4) is 5.75 Å². The molecule has 0 bridgehead atoms. The summed E-state index contributed by atoms with van der Waals surface area (Å²) in [5, 5.41) is 10.9. The number of hydrogen-bond acceptors (Lipinski definition) is 5. The number of anilines is 1. The molecule has 2 rings (SSSR count). The molecule has 0 unspecified atom stereocenters. The molecule has 0 saturated heterocycles. The molecule has 0 amide bonds. The number of benzene rings is 2. The molecular weight excluding hydrogens is 272 g/mol. The zero-order valence-corrected chi connectivity index (χ0v) is 11.6. The second-order valence-corrected chi connectivity index (χ2v) is 4.56. The highest BCUT2D eigenvalue weighted by Gasteiger charge is 2.19. The van der Waals surface area contributed by atoms with Crippen molar-refractivity contribution < 1.29 is 14.5 Å². The van der Waals surface area contributed by atoms with Crippen LogP contribution in [0.25, 0.3) is 0 Å². The van der Waals surface area contributed by atoms with E-state index >= 15 is 0 Å². The monoisotopic (exact) mass is 286 g/mol. The van der Waals surface area contributed by atoms with Gasteiger partial charge in [0.25, 0.3) is 5.69 Å². The normalized spacial score (nSPS) is 10.0. The predicted molar refractivity (Wildman–Crippen MR) is 78.8 cm³/mol. The fourth-order valence-corrected chi connectivity index (χ4v) is 1.84. The molecule has 2 aromatic carbocycles. The number of para-hydroxylation sites is 1. The van der Waals surface area contributed by atoms with E-state index in [1.54, 1.807) is 49.3 Å². The van der Waals surface area contributed by atoms with Crippen LogP contribution < -0.4 is 9.64 Å². The van der Waals surface area contributed by atoms with Crippen molar-refractivity contribution in [3.63, 3.8) is 0 Å². The van der Waals surface area contributed by atoms with Crippen LogP contribution in [0.1, 0.15) is 10.4 Å². The molecular formula is C15H14N2O4. The molecule has 0 radical (unpaired) electrons. The van der Waals surface area contributed by atoms with Gasteiger partial charge in [-0.15, -0.1) is 0 Å². The van der Waals surface area contributed by atoms with E-state index in [-0.39, 0.29) is 11.3 Å². The zero-order chi connectivity index (χ0) is 15.4. The van der Waals surface area contributed by atoms with Crippen LogP contribution in [0.15, 0.2) is 48.5 Å². The van der Waals surface area contributed by atoms with Crippen molar-refractivity contribution in [1.82, 2.24) is 0 Å². The van der Waals surface area contributed by atoms with E-state index < -0.39 is 10.9 Å². The van der Waals surface area contributed by atoms with Gasteiger partial charge in [-0.2, -0.15) is 0 Å². The number of rotatable bonds is 4. The molecule has 0 spiro atoms. The number of esters is 1. The zero-order valence-electron chi connectivity index (χ0n) is 11.6. The maximum Gasteiger partial charge on any atom is 0.345 e. The fraction of sp³-hybridized carbons (Fsp3) is 0.133. The highest BCUT2D eigenvalue weighted by atomic mass is 16.6. The standard InChI is InChI=1S/C15H14N2O4/c1-16(2)14-9-8-11(17(19)20)10-13(14)15(18)21-12-6-4-3-5-7-12/h3-10H,1-2H3. The number of nitro groups is 1. The lowest BCUT2D eigenvalue weighted by atomic mass is 10.1. The molecule has 21 heavy (non-hydrogen) atoms. The maximum atomic E-state index is 12.2.